The van der Waals surface area contributed by atoms with Crippen molar-refractivity contribution in [2.75, 3.05) is 33.1 Å². The quantitative estimate of drug-likeness (QED) is 0.481. The lowest BCUT2D eigenvalue weighted by atomic mass is 10.1. The number of nitrogens with zero attached hydrogens (tertiary/aromatic N) is 1. The number of carbonyl (C=O) groups is 1. The van der Waals surface area contributed by atoms with Crippen molar-refractivity contribution in [2.45, 2.75) is 19.9 Å². The minimum atomic E-state index is -0.0706. The van der Waals surface area contributed by atoms with Crippen molar-refractivity contribution in [3.05, 3.63) is 53.6 Å². The third-order valence-electron chi connectivity index (χ3n) is 4.11. The molecule has 2 rings (SSSR count). The molecule has 3 N–H and O–H groups in total. The molecule has 7 nitrogen and oxygen atoms in total. The van der Waals surface area contributed by atoms with Crippen molar-refractivity contribution < 1.29 is 14.3 Å². The Kier molecular flexibility index (Phi) is 8.14. The lowest BCUT2D eigenvalue weighted by molar-refractivity contribution is -0.114. The van der Waals surface area contributed by atoms with Gasteiger partial charge in [-0.2, -0.15) is 0 Å². The van der Waals surface area contributed by atoms with Gasteiger partial charge in [0, 0.05) is 32.7 Å². The Morgan fingerprint density at radius 3 is 2.25 bits per heavy atom. The summed E-state index contributed by atoms with van der Waals surface area (Å²) < 4.78 is 10.6. The van der Waals surface area contributed by atoms with Crippen molar-refractivity contribution in [1.29, 1.82) is 0 Å². The Labute approximate surface area is 166 Å². The van der Waals surface area contributed by atoms with Crippen LogP contribution in [0.3, 0.4) is 0 Å². The van der Waals surface area contributed by atoms with E-state index in [2.05, 4.69) is 20.9 Å². The van der Waals surface area contributed by atoms with E-state index < -0.39 is 0 Å². The van der Waals surface area contributed by atoms with Gasteiger partial charge in [0.05, 0.1) is 14.2 Å². The maximum atomic E-state index is 11.1. The Balaban J connectivity index is 1.81. The number of benzene rings is 2. The number of methoxy groups -OCH3 is 2. The second kappa shape index (κ2) is 10.8. The minimum absolute atomic E-state index is 0.0706. The highest BCUT2D eigenvalue weighted by Crippen LogP contribution is 2.27. The SMILES string of the molecule is CN=C(NCCc1ccc(NC(C)=O)cc1)NCc1ccc(OC)c(OC)c1. The fraction of sp³-hybridized carbons (Fsp3) is 0.333. The molecule has 0 atom stereocenters. The van der Waals surface area contributed by atoms with Gasteiger partial charge in [0.25, 0.3) is 0 Å². The van der Waals surface area contributed by atoms with Crippen LogP contribution in [0.4, 0.5) is 5.69 Å². The van der Waals surface area contributed by atoms with E-state index in [0.29, 0.717) is 18.0 Å². The molecule has 150 valence electrons. The molecule has 0 aromatic heterocycles. The zero-order valence-electron chi connectivity index (χ0n) is 16.8. The highest BCUT2D eigenvalue weighted by Gasteiger charge is 2.05. The molecule has 0 bridgehead atoms. The van der Waals surface area contributed by atoms with Gasteiger partial charge >= 0.3 is 0 Å². The summed E-state index contributed by atoms with van der Waals surface area (Å²) in [4.78, 5) is 15.3. The second-order valence-corrected chi connectivity index (χ2v) is 6.17. The standard InChI is InChI=1S/C21H28N4O3/c1-15(26)25-18-8-5-16(6-9-18)11-12-23-21(22-2)24-14-17-7-10-19(27-3)20(13-17)28-4/h5-10,13H,11-12,14H2,1-4H3,(H,25,26)(H2,22,23,24). The molecule has 0 aliphatic carbocycles. The van der Waals surface area contributed by atoms with E-state index in [-0.39, 0.29) is 5.91 Å². The first kappa shape index (κ1) is 21.1. The van der Waals surface area contributed by atoms with Gasteiger partial charge in [-0.3, -0.25) is 9.79 Å². The number of guanidine groups is 1. The average molecular weight is 384 g/mol. The maximum Gasteiger partial charge on any atom is 0.221 e. The van der Waals surface area contributed by atoms with Crippen LogP contribution >= 0.6 is 0 Å². The molecule has 0 radical (unpaired) electrons. The monoisotopic (exact) mass is 384 g/mol. The van der Waals surface area contributed by atoms with Gasteiger partial charge in [-0.15, -0.1) is 0 Å². The highest BCUT2D eigenvalue weighted by atomic mass is 16.5. The first-order chi connectivity index (χ1) is 13.5. The van der Waals surface area contributed by atoms with E-state index in [1.807, 2.05) is 42.5 Å². The van der Waals surface area contributed by atoms with Gasteiger partial charge in [0.2, 0.25) is 5.91 Å². The maximum absolute atomic E-state index is 11.1. The number of hydrogen-bond acceptors (Lipinski definition) is 4. The van der Waals surface area contributed by atoms with E-state index in [1.54, 1.807) is 21.3 Å². The molecule has 0 aliphatic heterocycles. The van der Waals surface area contributed by atoms with Crippen molar-refractivity contribution in [3.63, 3.8) is 0 Å². The Hall–Kier alpha value is -3.22. The molecule has 0 fully saturated rings. The van der Waals surface area contributed by atoms with Crippen molar-refractivity contribution >= 4 is 17.6 Å². The summed E-state index contributed by atoms with van der Waals surface area (Å²) in [5.74, 6) is 2.06. The predicted octanol–water partition coefficient (Wildman–Crippen LogP) is 2.57. The summed E-state index contributed by atoms with van der Waals surface area (Å²) in [6.07, 6.45) is 0.845. The number of amides is 1. The van der Waals surface area contributed by atoms with E-state index in [1.165, 1.54) is 12.5 Å². The van der Waals surface area contributed by atoms with Crippen LogP contribution in [-0.4, -0.2) is 39.7 Å². The Bertz CT molecular complexity index is 804. The van der Waals surface area contributed by atoms with Crippen LogP contribution in [-0.2, 0) is 17.8 Å². The summed E-state index contributed by atoms with van der Waals surface area (Å²) in [7, 11) is 4.99. The molecule has 2 aromatic rings. The molecular formula is C21H28N4O3. The lowest BCUT2D eigenvalue weighted by Crippen LogP contribution is -2.37. The molecule has 1 amide bonds. The average Bonchev–Trinajstić information content (AvgIpc) is 2.71. The zero-order chi connectivity index (χ0) is 20.4. The smallest absolute Gasteiger partial charge is 0.221 e. The van der Waals surface area contributed by atoms with Crippen LogP contribution in [0.1, 0.15) is 18.1 Å². The molecule has 0 saturated carbocycles. The van der Waals surface area contributed by atoms with Gasteiger partial charge in [-0.1, -0.05) is 18.2 Å². The van der Waals surface area contributed by atoms with Crippen LogP contribution in [0.15, 0.2) is 47.5 Å². The van der Waals surface area contributed by atoms with E-state index in [0.717, 1.165) is 30.2 Å². The molecule has 0 saturated heterocycles. The van der Waals surface area contributed by atoms with Gasteiger partial charge < -0.3 is 25.4 Å². The highest BCUT2D eigenvalue weighted by molar-refractivity contribution is 5.88. The molecule has 0 heterocycles. The summed E-state index contributed by atoms with van der Waals surface area (Å²) in [5, 5.41) is 9.35. The third-order valence-corrected chi connectivity index (χ3v) is 4.11. The number of aliphatic imine (C=N–C) groups is 1. The van der Waals surface area contributed by atoms with Crippen LogP contribution in [0.25, 0.3) is 0 Å². The van der Waals surface area contributed by atoms with Crippen molar-refractivity contribution in [3.8, 4) is 11.5 Å². The van der Waals surface area contributed by atoms with Gasteiger partial charge in [-0.05, 0) is 41.8 Å². The molecule has 7 heteroatoms. The van der Waals surface area contributed by atoms with E-state index >= 15 is 0 Å². The van der Waals surface area contributed by atoms with Crippen LogP contribution in [0.2, 0.25) is 0 Å². The fourth-order valence-corrected chi connectivity index (χ4v) is 2.68. The van der Waals surface area contributed by atoms with Crippen LogP contribution in [0.5, 0.6) is 11.5 Å². The fourth-order valence-electron chi connectivity index (χ4n) is 2.68. The molecular weight excluding hydrogens is 356 g/mol. The zero-order valence-corrected chi connectivity index (χ0v) is 16.8. The second-order valence-electron chi connectivity index (χ2n) is 6.17. The van der Waals surface area contributed by atoms with Gasteiger partial charge in [0.15, 0.2) is 17.5 Å². The molecule has 0 unspecified atom stereocenters. The normalized spacial score (nSPS) is 10.9. The van der Waals surface area contributed by atoms with Crippen LogP contribution < -0.4 is 25.4 Å². The molecule has 0 aliphatic rings. The van der Waals surface area contributed by atoms with Crippen molar-refractivity contribution in [2.24, 2.45) is 4.99 Å². The summed E-state index contributed by atoms with van der Waals surface area (Å²) in [6.45, 7) is 2.86. The number of hydrogen-bond donors (Lipinski definition) is 3. The first-order valence-electron chi connectivity index (χ1n) is 9.07. The van der Waals surface area contributed by atoms with Crippen LogP contribution in [0, 0.1) is 0 Å². The largest absolute Gasteiger partial charge is 0.493 e. The Morgan fingerprint density at radius 2 is 1.64 bits per heavy atom. The summed E-state index contributed by atoms with van der Waals surface area (Å²) >= 11 is 0. The van der Waals surface area contributed by atoms with E-state index in [4.69, 9.17) is 9.47 Å². The Morgan fingerprint density at radius 1 is 0.964 bits per heavy atom. The number of anilines is 1. The number of rotatable bonds is 8. The predicted molar refractivity (Wildman–Crippen MR) is 112 cm³/mol. The number of carbonyl (C=O) groups excluding carboxylic acids is 1. The topological polar surface area (TPSA) is 84.0 Å². The van der Waals surface area contributed by atoms with Gasteiger partial charge in [-0.25, -0.2) is 0 Å². The van der Waals surface area contributed by atoms with E-state index in [9.17, 15) is 4.79 Å². The minimum Gasteiger partial charge on any atom is -0.493 e. The first-order valence-corrected chi connectivity index (χ1v) is 9.07. The number of ether oxygens (including phenoxy) is 2. The molecule has 2 aromatic carbocycles. The number of nitrogens with one attached hydrogen (secondary N) is 3. The summed E-state index contributed by atoms with van der Waals surface area (Å²) in [5.41, 5.74) is 3.04. The summed E-state index contributed by atoms with van der Waals surface area (Å²) in [6, 6.07) is 13.6. The molecule has 28 heavy (non-hydrogen) atoms. The third kappa shape index (κ3) is 6.50. The van der Waals surface area contributed by atoms with Gasteiger partial charge in [0.1, 0.15) is 0 Å². The lowest BCUT2D eigenvalue weighted by Gasteiger charge is -2.13. The van der Waals surface area contributed by atoms with Crippen molar-refractivity contribution in [1.82, 2.24) is 10.6 Å². The molecule has 0 spiro atoms.